The normalized spacial score (nSPS) is 17.6. The predicted octanol–water partition coefficient (Wildman–Crippen LogP) is 6.57. The van der Waals surface area contributed by atoms with E-state index in [0.717, 1.165) is 17.0 Å². The molecule has 4 rings (SSSR count). The highest BCUT2D eigenvalue weighted by atomic mass is 35.5. The molecule has 1 unspecified atom stereocenters. The summed E-state index contributed by atoms with van der Waals surface area (Å²) in [6.45, 7) is -0.238. The van der Waals surface area contributed by atoms with Crippen LogP contribution >= 0.6 is 23.2 Å². The number of ketones is 1. The molecule has 2 aromatic carbocycles. The van der Waals surface area contributed by atoms with Crippen molar-refractivity contribution >= 4 is 34.9 Å². The molecule has 36 heavy (non-hydrogen) atoms. The standard InChI is InChI=1S/C23H16Cl2F7NO3/c24-16-4-12(5-17(25)20(16)26)15(23(30,31)32)6-18(34)11-1-2-14-13(3-11)8-36-21(14)9-33(10-21)19(35)7-22(27,28)29/h1-5,15H,6-10H2. The van der Waals surface area contributed by atoms with Crippen molar-refractivity contribution in [1.29, 1.82) is 0 Å². The zero-order valence-electron chi connectivity index (χ0n) is 18.1. The van der Waals surface area contributed by atoms with E-state index in [-0.39, 0.29) is 25.3 Å². The second-order valence-corrected chi connectivity index (χ2v) is 9.53. The summed E-state index contributed by atoms with van der Waals surface area (Å²) in [6.07, 6.45) is -12.1. The highest BCUT2D eigenvalue weighted by Crippen LogP contribution is 2.45. The Labute approximate surface area is 209 Å². The number of hydrogen-bond acceptors (Lipinski definition) is 3. The fraction of sp³-hybridized carbons (Fsp3) is 0.391. The monoisotopic (exact) mass is 557 g/mol. The molecule has 0 N–H and O–H groups in total. The number of nitrogens with zero attached hydrogens (tertiary/aromatic N) is 1. The lowest BCUT2D eigenvalue weighted by Crippen LogP contribution is -2.61. The Kier molecular flexibility index (Phi) is 6.81. The highest BCUT2D eigenvalue weighted by molar-refractivity contribution is 6.35. The SMILES string of the molecule is O=C(CC(c1cc(Cl)c(F)c(Cl)c1)C(F)(F)F)c1ccc2c(c1)COC21CN(C(=O)CC(F)(F)F)C1. The maximum atomic E-state index is 13.8. The van der Waals surface area contributed by atoms with E-state index in [9.17, 15) is 40.3 Å². The number of Topliss-reactive ketones (excluding diaryl/α,β-unsaturated/α-hetero) is 1. The Balaban J connectivity index is 1.51. The van der Waals surface area contributed by atoms with Crippen molar-refractivity contribution in [2.75, 3.05) is 13.1 Å². The Bertz CT molecular complexity index is 1200. The number of hydrogen-bond donors (Lipinski definition) is 0. The number of halogens is 9. The zero-order chi connectivity index (χ0) is 26.6. The van der Waals surface area contributed by atoms with Gasteiger partial charge in [0.05, 0.1) is 35.7 Å². The molecule has 0 saturated carbocycles. The molecule has 1 saturated heterocycles. The molecule has 2 heterocycles. The van der Waals surface area contributed by atoms with Gasteiger partial charge in [-0.15, -0.1) is 0 Å². The van der Waals surface area contributed by atoms with E-state index in [1.165, 1.54) is 18.2 Å². The molecule has 2 aliphatic rings. The van der Waals surface area contributed by atoms with Crippen LogP contribution in [0.4, 0.5) is 30.7 Å². The molecule has 1 fully saturated rings. The number of amides is 1. The van der Waals surface area contributed by atoms with Crippen molar-refractivity contribution in [3.63, 3.8) is 0 Å². The van der Waals surface area contributed by atoms with E-state index in [1.54, 1.807) is 0 Å². The number of alkyl halides is 6. The Hall–Kier alpha value is -2.37. The molecule has 0 aromatic heterocycles. The molecule has 2 aromatic rings. The van der Waals surface area contributed by atoms with E-state index in [4.69, 9.17) is 27.9 Å². The summed E-state index contributed by atoms with van der Waals surface area (Å²) in [5, 5.41) is -1.22. The summed E-state index contributed by atoms with van der Waals surface area (Å²) in [4.78, 5) is 25.6. The Morgan fingerprint density at radius 2 is 1.64 bits per heavy atom. The molecule has 0 aliphatic carbocycles. The third-order valence-electron chi connectivity index (χ3n) is 6.21. The summed E-state index contributed by atoms with van der Waals surface area (Å²) in [6, 6.07) is 5.68. The molecule has 13 heteroatoms. The Morgan fingerprint density at radius 3 is 2.19 bits per heavy atom. The number of fused-ring (bicyclic) bond motifs is 2. The van der Waals surface area contributed by atoms with Crippen LogP contribution in [0.1, 0.15) is 45.8 Å². The van der Waals surface area contributed by atoms with Gasteiger partial charge in [0.1, 0.15) is 12.0 Å². The average Bonchev–Trinajstić information content (AvgIpc) is 3.11. The smallest absolute Gasteiger partial charge is 0.362 e. The summed E-state index contributed by atoms with van der Waals surface area (Å²) in [5.41, 5.74) is -0.477. The quantitative estimate of drug-likeness (QED) is 0.237. The van der Waals surface area contributed by atoms with E-state index in [0.29, 0.717) is 11.1 Å². The number of ether oxygens (including phenoxy) is 1. The number of carbonyl (C=O) groups is 2. The summed E-state index contributed by atoms with van der Waals surface area (Å²) >= 11 is 11.3. The first-order valence-electron chi connectivity index (χ1n) is 10.5. The fourth-order valence-electron chi connectivity index (χ4n) is 4.42. The van der Waals surface area contributed by atoms with Gasteiger partial charge in [-0.25, -0.2) is 4.39 Å². The lowest BCUT2D eigenvalue weighted by Gasteiger charge is -2.47. The third kappa shape index (κ3) is 5.19. The largest absolute Gasteiger partial charge is 0.397 e. The maximum Gasteiger partial charge on any atom is 0.397 e. The summed E-state index contributed by atoms with van der Waals surface area (Å²) in [7, 11) is 0. The molecule has 1 spiro atoms. The zero-order valence-corrected chi connectivity index (χ0v) is 19.6. The molecule has 0 radical (unpaired) electrons. The number of benzene rings is 2. The minimum absolute atomic E-state index is 0.0242. The van der Waals surface area contributed by atoms with Gasteiger partial charge in [-0.3, -0.25) is 9.59 Å². The van der Waals surface area contributed by atoms with Gasteiger partial charge in [0.25, 0.3) is 0 Å². The van der Waals surface area contributed by atoms with Gasteiger partial charge in [0.2, 0.25) is 5.91 Å². The van der Waals surface area contributed by atoms with E-state index >= 15 is 0 Å². The fourth-order valence-corrected chi connectivity index (χ4v) is 4.92. The van der Waals surface area contributed by atoms with Gasteiger partial charge < -0.3 is 9.64 Å². The van der Waals surface area contributed by atoms with Crippen LogP contribution in [-0.4, -0.2) is 42.0 Å². The van der Waals surface area contributed by atoms with Crippen LogP contribution in [0.2, 0.25) is 10.0 Å². The third-order valence-corrected chi connectivity index (χ3v) is 6.76. The van der Waals surface area contributed by atoms with Gasteiger partial charge in [-0.2, -0.15) is 26.3 Å². The first-order chi connectivity index (χ1) is 16.6. The van der Waals surface area contributed by atoms with Crippen LogP contribution in [0.15, 0.2) is 30.3 Å². The van der Waals surface area contributed by atoms with Gasteiger partial charge in [-0.05, 0) is 34.9 Å². The van der Waals surface area contributed by atoms with Crippen LogP contribution in [0, 0.1) is 5.82 Å². The molecule has 2 aliphatic heterocycles. The van der Waals surface area contributed by atoms with Crippen molar-refractivity contribution in [2.45, 2.75) is 43.3 Å². The van der Waals surface area contributed by atoms with Gasteiger partial charge >= 0.3 is 12.4 Å². The van der Waals surface area contributed by atoms with Gasteiger partial charge in [0, 0.05) is 12.0 Å². The first kappa shape index (κ1) is 26.7. The van der Waals surface area contributed by atoms with Crippen LogP contribution < -0.4 is 0 Å². The van der Waals surface area contributed by atoms with Gasteiger partial charge in [0.15, 0.2) is 11.6 Å². The molecule has 4 nitrogen and oxygen atoms in total. The van der Waals surface area contributed by atoms with Crippen LogP contribution in [0.3, 0.4) is 0 Å². The highest BCUT2D eigenvalue weighted by Gasteiger charge is 2.53. The minimum atomic E-state index is -4.86. The minimum Gasteiger partial charge on any atom is -0.362 e. The predicted molar refractivity (Wildman–Crippen MR) is 114 cm³/mol. The molecule has 194 valence electrons. The van der Waals surface area contributed by atoms with E-state index < -0.39 is 69.8 Å². The first-order valence-corrected chi connectivity index (χ1v) is 11.2. The summed E-state index contributed by atoms with van der Waals surface area (Å²) < 4.78 is 98.1. The van der Waals surface area contributed by atoms with Crippen molar-refractivity contribution < 1.29 is 45.1 Å². The van der Waals surface area contributed by atoms with Crippen molar-refractivity contribution in [3.8, 4) is 0 Å². The number of carbonyl (C=O) groups excluding carboxylic acids is 2. The Morgan fingerprint density at radius 1 is 1.03 bits per heavy atom. The second kappa shape index (κ2) is 9.18. The van der Waals surface area contributed by atoms with Crippen LogP contribution in [0.25, 0.3) is 0 Å². The number of rotatable bonds is 5. The molecule has 1 atom stereocenters. The van der Waals surface area contributed by atoms with Crippen LogP contribution in [0.5, 0.6) is 0 Å². The second-order valence-electron chi connectivity index (χ2n) is 8.72. The number of likely N-dealkylation sites (tertiary alicyclic amines) is 1. The molecular formula is C23H16Cl2F7NO3. The van der Waals surface area contributed by atoms with Crippen molar-refractivity contribution in [3.05, 3.63) is 68.4 Å². The molecule has 0 bridgehead atoms. The van der Waals surface area contributed by atoms with Crippen molar-refractivity contribution in [1.82, 2.24) is 4.90 Å². The summed E-state index contributed by atoms with van der Waals surface area (Å²) in [5.74, 6) is -5.31. The average molecular weight is 558 g/mol. The van der Waals surface area contributed by atoms with Gasteiger partial charge in [-0.1, -0.05) is 35.3 Å². The maximum absolute atomic E-state index is 13.8. The lowest BCUT2D eigenvalue weighted by atomic mass is 9.83. The molecule has 1 amide bonds. The molecular weight excluding hydrogens is 542 g/mol. The van der Waals surface area contributed by atoms with Crippen molar-refractivity contribution in [2.24, 2.45) is 0 Å². The lowest BCUT2D eigenvalue weighted by molar-refractivity contribution is -0.185. The van der Waals surface area contributed by atoms with E-state index in [2.05, 4.69) is 0 Å². The topological polar surface area (TPSA) is 46.6 Å². The van der Waals surface area contributed by atoms with Crippen LogP contribution in [-0.2, 0) is 21.7 Å². The van der Waals surface area contributed by atoms with E-state index in [1.807, 2.05) is 0 Å².